The lowest BCUT2D eigenvalue weighted by atomic mass is 9.94. The van der Waals surface area contributed by atoms with Gasteiger partial charge in [-0.1, -0.05) is 43.3 Å². The largest absolute Gasteiger partial charge is 0.383 e. The Kier molecular flexibility index (Phi) is 2.68. The quantitative estimate of drug-likeness (QED) is 0.805. The Bertz CT molecular complexity index is 437. The number of nitrogens with two attached hydrogens (primary N) is 1. The van der Waals surface area contributed by atoms with Crippen LogP contribution in [0.2, 0.25) is 0 Å². The highest BCUT2D eigenvalue weighted by Crippen LogP contribution is 2.26. The van der Waals surface area contributed by atoms with E-state index in [0.717, 1.165) is 5.56 Å². The fourth-order valence-electron chi connectivity index (χ4n) is 1.72. The Morgan fingerprint density at radius 3 is 2.47 bits per heavy atom. The Hall–Kier alpha value is -1.83. The van der Waals surface area contributed by atoms with Crippen LogP contribution in [-0.4, -0.2) is 4.98 Å². The average molecular weight is 198 g/mol. The number of rotatable bonds is 2. The number of nitrogens with zero attached hydrogens (tertiary/aromatic N) is 1. The van der Waals surface area contributed by atoms with Crippen LogP contribution in [0.25, 0.3) is 0 Å². The van der Waals surface area contributed by atoms with E-state index in [1.165, 1.54) is 5.56 Å². The first-order valence-corrected chi connectivity index (χ1v) is 5.04. The molecule has 76 valence electrons. The Morgan fingerprint density at radius 2 is 1.80 bits per heavy atom. The molecule has 0 aliphatic carbocycles. The second-order valence-corrected chi connectivity index (χ2v) is 3.61. The van der Waals surface area contributed by atoms with Crippen LogP contribution in [0.4, 0.5) is 5.82 Å². The van der Waals surface area contributed by atoms with Gasteiger partial charge in [0, 0.05) is 17.7 Å². The SMILES string of the molecule is CC(c1ccccc1)c1cccnc1N. The van der Waals surface area contributed by atoms with E-state index in [-0.39, 0.29) is 0 Å². The van der Waals surface area contributed by atoms with Crippen molar-refractivity contribution in [2.45, 2.75) is 12.8 Å². The summed E-state index contributed by atoms with van der Waals surface area (Å²) in [4.78, 5) is 4.10. The van der Waals surface area contributed by atoms with Crippen molar-refractivity contribution in [2.75, 3.05) is 5.73 Å². The molecule has 2 heteroatoms. The average Bonchev–Trinajstić information content (AvgIpc) is 2.30. The third-order valence-electron chi connectivity index (χ3n) is 2.64. The van der Waals surface area contributed by atoms with Crippen molar-refractivity contribution in [1.82, 2.24) is 4.98 Å². The lowest BCUT2D eigenvalue weighted by Crippen LogP contribution is -2.02. The molecule has 0 bridgehead atoms. The predicted octanol–water partition coefficient (Wildman–Crippen LogP) is 2.82. The van der Waals surface area contributed by atoms with Gasteiger partial charge in [0.25, 0.3) is 0 Å². The van der Waals surface area contributed by atoms with E-state index < -0.39 is 0 Å². The molecule has 1 unspecified atom stereocenters. The van der Waals surface area contributed by atoms with Gasteiger partial charge in [0.2, 0.25) is 0 Å². The maximum absolute atomic E-state index is 5.85. The molecule has 0 amide bonds. The maximum atomic E-state index is 5.85. The summed E-state index contributed by atoms with van der Waals surface area (Å²) >= 11 is 0. The molecule has 0 spiro atoms. The molecule has 0 aliphatic rings. The molecule has 1 heterocycles. The molecule has 0 radical (unpaired) electrons. The second kappa shape index (κ2) is 4.13. The number of aromatic nitrogens is 1. The highest BCUT2D eigenvalue weighted by molar-refractivity contribution is 5.45. The minimum Gasteiger partial charge on any atom is -0.383 e. The topological polar surface area (TPSA) is 38.9 Å². The van der Waals surface area contributed by atoms with Crippen molar-refractivity contribution in [1.29, 1.82) is 0 Å². The second-order valence-electron chi connectivity index (χ2n) is 3.61. The Labute approximate surface area is 89.8 Å². The van der Waals surface area contributed by atoms with Crippen LogP contribution in [0.15, 0.2) is 48.7 Å². The van der Waals surface area contributed by atoms with Crippen LogP contribution in [0.3, 0.4) is 0 Å². The molecule has 1 aromatic carbocycles. The van der Waals surface area contributed by atoms with Gasteiger partial charge in [0.1, 0.15) is 5.82 Å². The summed E-state index contributed by atoms with van der Waals surface area (Å²) in [6.07, 6.45) is 1.72. The first-order chi connectivity index (χ1) is 7.29. The van der Waals surface area contributed by atoms with Gasteiger partial charge in [-0.05, 0) is 11.6 Å². The summed E-state index contributed by atoms with van der Waals surface area (Å²) in [5.74, 6) is 0.911. The number of pyridine rings is 1. The number of hydrogen-bond acceptors (Lipinski definition) is 2. The predicted molar refractivity (Wildman–Crippen MR) is 62.6 cm³/mol. The van der Waals surface area contributed by atoms with Crippen molar-refractivity contribution in [2.24, 2.45) is 0 Å². The van der Waals surface area contributed by atoms with Crippen LogP contribution < -0.4 is 5.73 Å². The zero-order chi connectivity index (χ0) is 10.7. The molecular weight excluding hydrogens is 184 g/mol. The van der Waals surface area contributed by atoms with E-state index in [1.54, 1.807) is 6.20 Å². The molecule has 0 fully saturated rings. The molecule has 2 aromatic rings. The van der Waals surface area contributed by atoms with Crippen LogP contribution in [0.5, 0.6) is 0 Å². The summed E-state index contributed by atoms with van der Waals surface area (Å²) < 4.78 is 0. The number of benzene rings is 1. The highest BCUT2D eigenvalue weighted by Gasteiger charge is 2.10. The maximum Gasteiger partial charge on any atom is 0.127 e. The summed E-state index contributed by atoms with van der Waals surface area (Å²) in [6.45, 7) is 2.14. The van der Waals surface area contributed by atoms with Crippen LogP contribution in [-0.2, 0) is 0 Å². The standard InChI is InChI=1S/C13H14N2/c1-10(11-6-3-2-4-7-11)12-8-5-9-15-13(12)14/h2-10H,1H3,(H2,14,15). The zero-order valence-electron chi connectivity index (χ0n) is 8.72. The molecular formula is C13H14N2. The van der Waals surface area contributed by atoms with Crippen LogP contribution in [0, 0.1) is 0 Å². The summed E-state index contributed by atoms with van der Waals surface area (Å²) in [5, 5.41) is 0. The monoisotopic (exact) mass is 198 g/mol. The smallest absolute Gasteiger partial charge is 0.127 e. The molecule has 2 nitrogen and oxygen atoms in total. The molecule has 0 saturated carbocycles. The fraction of sp³-hybridized carbons (Fsp3) is 0.154. The molecule has 1 atom stereocenters. The lowest BCUT2D eigenvalue weighted by Gasteiger charge is -2.13. The summed E-state index contributed by atoms with van der Waals surface area (Å²) in [6, 6.07) is 14.3. The number of hydrogen-bond donors (Lipinski definition) is 1. The van der Waals surface area contributed by atoms with Gasteiger partial charge >= 0.3 is 0 Å². The lowest BCUT2D eigenvalue weighted by molar-refractivity contribution is 0.917. The van der Waals surface area contributed by atoms with Gasteiger partial charge in [-0.15, -0.1) is 0 Å². The van der Waals surface area contributed by atoms with E-state index in [0.29, 0.717) is 11.7 Å². The van der Waals surface area contributed by atoms with Gasteiger partial charge < -0.3 is 5.73 Å². The minimum absolute atomic E-state index is 0.292. The first-order valence-electron chi connectivity index (χ1n) is 5.04. The number of nitrogen functional groups attached to an aromatic ring is 1. The van der Waals surface area contributed by atoms with E-state index in [2.05, 4.69) is 24.0 Å². The minimum atomic E-state index is 0.292. The van der Waals surface area contributed by atoms with Crippen molar-refractivity contribution in [3.8, 4) is 0 Å². The fourth-order valence-corrected chi connectivity index (χ4v) is 1.72. The van der Waals surface area contributed by atoms with E-state index in [9.17, 15) is 0 Å². The summed E-state index contributed by atoms with van der Waals surface area (Å²) in [5.41, 5.74) is 8.20. The van der Waals surface area contributed by atoms with Crippen molar-refractivity contribution in [3.63, 3.8) is 0 Å². The molecule has 15 heavy (non-hydrogen) atoms. The van der Waals surface area contributed by atoms with Crippen molar-refractivity contribution in [3.05, 3.63) is 59.8 Å². The third-order valence-corrected chi connectivity index (χ3v) is 2.64. The van der Waals surface area contributed by atoms with Gasteiger partial charge in [0.15, 0.2) is 0 Å². The Morgan fingerprint density at radius 1 is 1.07 bits per heavy atom. The highest BCUT2D eigenvalue weighted by atomic mass is 14.8. The van der Waals surface area contributed by atoms with Crippen LogP contribution >= 0.6 is 0 Å². The third kappa shape index (κ3) is 1.99. The number of anilines is 1. The van der Waals surface area contributed by atoms with Gasteiger partial charge in [-0.25, -0.2) is 4.98 Å². The van der Waals surface area contributed by atoms with Gasteiger partial charge in [0.05, 0.1) is 0 Å². The van der Waals surface area contributed by atoms with Gasteiger partial charge in [-0.3, -0.25) is 0 Å². The van der Waals surface area contributed by atoms with Crippen molar-refractivity contribution >= 4 is 5.82 Å². The Balaban J connectivity index is 2.37. The van der Waals surface area contributed by atoms with Crippen molar-refractivity contribution < 1.29 is 0 Å². The zero-order valence-corrected chi connectivity index (χ0v) is 8.72. The van der Waals surface area contributed by atoms with E-state index in [4.69, 9.17) is 5.73 Å². The molecule has 2 rings (SSSR count). The molecule has 0 aliphatic heterocycles. The van der Waals surface area contributed by atoms with Gasteiger partial charge in [-0.2, -0.15) is 0 Å². The first kappa shape index (κ1) is 9.71. The summed E-state index contributed by atoms with van der Waals surface area (Å²) in [7, 11) is 0. The molecule has 2 N–H and O–H groups in total. The van der Waals surface area contributed by atoms with E-state index >= 15 is 0 Å². The van der Waals surface area contributed by atoms with E-state index in [1.807, 2.05) is 30.3 Å². The molecule has 0 saturated heterocycles. The molecule has 1 aromatic heterocycles. The normalized spacial score (nSPS) is 12.3. The van der Waals surface area contributed by atoms with Crippen LogP contribution in [0.1, 0.15) is 24.0 Å².